The number of rotatable bonds is 0. The van der Waals surface area contributed by atoms with E-state index in [1.807, 2.05) is 0 Å². The molecule has 0 radical (unpaired) electrons. The van der Waals surface area contributed by atoms with E-state index in [0.29, 0.717) is 0 Å². The highest BCUT2D eigenvalue weighted by Gasteiger charge is 2.21. The quantitative estimate of drug-likeness (QED) is 0.273. The Labute approximate surface area is 146 Å². The fourth-order valence-corrected chi connectivity index (χ4v) is 4.47. The van der Waals surface area contributed by atoms with Gasteiger partial charge in [-0.1, -0.05) is 78.9 Å². The van der Waals surface area contributed by atoms with Gasteiger partial charge in [-0.3, -0.25) is 0 Å². The fourth-order valence-electron chi connectivity index (χ4n) is 4.47. The molecular weight excluding hydrogens is 300 g/mol. The molecule has 5 aromatic rings. The molecule has 0 aromatic heterocycles. The minimum Gasteiger partial charge on any atom is -0.0616 e. The first-order chi connectivity index (χ1) is 12.4. The number of hydrogen-bond acceptors (Lipinski definition) is 0. The predicted molar refractivity (Wildman–Crippen MR) is 107 cm³/mol. The lowest BCUT2D eigenvalue weighted by Crippen LogP contribution is -1.84. The third-order valence-electron chi connectivity index (χ3n) is 5.63. The zero-order valence-electron chi connectivity index (χ0n) is 13.8. The van der Waals surface area contributed by atoms with Crippen LogP contribution in [0, 0.1) is 0 Å². The van der Waals surface area contributed by atoms with Gasteiger partial charge in [-0.15, -0.1) is 0 Å². The van der Waals surface area contributed by atoms with Gasteiger partial charge in [-0.25, -0.2) is 0 Å². The third-order valence-corrected chi connectivity index (χ3v) is 5.63. The van der Waals surface area contributed by atoms with Crippen molar-refractivity contribution in [1.82, 2.24) is 0 Å². The Morgan fingerprint density at radius 3 is 2.08 bits per heavy atom. The lowest BCUT2D eigenvalue weighted by molar-refractivity contribution is 1.27. The molecule has 25 heavy (non-hydrogen) atoms. The number of benzene rings is 5. The van der Waals surface area contributed by atoms with Gasteiger partial charge in [-0.05, 0) is 67.1 Å². The number of fused-ring (bicyclic) bond motifs is 8. The van der Waals surface area contributed by atoms with E-state index < -0.39 is 0 Å². The molecule has 6 rings (SSSR count). The van der Waals surface area contributed by atoms with Crippen LogP contribution in [0.25, 0.3) is 43.4 Å². The molecular formula is C25H16. The monoisotopic (exact) mass is 316 g/mol. The Morgan fingerprint density at radius 1 is 0.480 bits per heavy atom. The lowest BCUT2D eigenvalue weighted by atomic mass is 9.93. The average Bonchev–Trinajstić information content (AvgIpc) is 3.03. The molecule has 0 unspecified atom stereocenters. The van der Waals surface area contributed by atoms with Crippen molar-refractivity contribution in [2.24, 2.45) is 0 Å². The van der Waals surface area contributed by atoms with E-state index in [0.717, 1.165) is 6.42 Å². The first-order valence-corrected chi connectivity index (χ1v) is 8.84. The molecule has 0 saturated carbocycles. The summed E-state index contributed by atoms with van der Waals surface area (Å²) in [6, 6.07) is 31.3. The maximum Gasteiger partial charge on any atom is -0.00130 e. The average molecular weight is 316 g/mol. The van der Waals surface area contributed by atoms with E-state index in [1.54, 1.807) is 0 Å². The van der Waals surface area contributed by atoms with Crippen LogP contribution in [0.2, 0.25) is 0 Å². The molecule has 5 aromatic carbocycles. The summed E-state index contributed by atoms with van der Waals surface area (Å²) in [5.74, 6) is 0. The maximum absolute atomic E-state index is 2.38. The second-order valence-electron chi connectivity index (χ2n) is 7.01. The third kappa shape index (κ3) is 1.77. The van der Waals surface area contributed by atoms with Crippen LogP contribution < -0.4 is 0 Å². The largest absolute Gasteiger partial charge is 0.0616 e. The highest BCUT2D eigenvalue weighted by molar-refractivity contribution is 6.14. The molecule has 0 heterocycles. The zero-order chi connectivity index (χ0) is 16.4. The van der Waals surface area contributed by atoms with Gasteiger partial charge in [0.2, 0.25) is 0 Å². The van der Waals surface area contributed by atoms with Crippen molar-refractivity contribution in [1.29, 1.82) is 0 Å². The van der Waals surface area contributed by atoms with Crippen LogP contribution in [-0.2, 0) is 6.42 Å². The van der Waals surface area contributed by atoms with Crippen LogP contribution in [0.5, 0.6) is 0 Å². The molecule has 0 aliphatic heterocycles. The van der Waals surface area contributed by atoms with E-state index in [9.17, 15) is 0 Å². The second kappa shape index (κ2) is 4.70. The Bertz CT molecular complexity index is 1310. The van der Waals surface area contributed by atoms with E-state index in [-0.39, 0.29) is 0 Å². The molecule has 1 aliphatic carbocycles. The first-order valence-electron chi connectivity index (χ1n) is 8.84. The number of hydrogen-bond donors (Lipinski definition) is 0. The summed E-state index contributed by atoms with van der Waals surface area (Å²) in [4.78, 5) is 0. The Balaban J connectivity index is 1.75. The molecule has 0 fully saturated rings. The Morgan fingerprint density at radius 2 is 1.20 bits per heavy atom. The fraction of sp³-hybridized carbons (Fsp3) is 0.0400. The molecule has 0 atom stereocenters. The molecule has 116 valence electrons. The summed E-state index contributed by atoms with van der Waals surface area (Å²) in [6.45, 7) is 0. The van der Waals surface area contributed by atoms with E-state index >= 15 is 0 Å². The SMILES string of the molecule is c1ccc2cc3c(cc2c1)Cc1ccc2c(ccc4ccccc42)c1-3. The molecule has 0 saturated heterocycles. The topological polar surface area (TPSA) is 0 Å². The van der Waals surface area contributed by atoms with Crippen molar-refractivity contribution < 1.29 is 0 Å². The Kier molecular flexibility index (Phi) is 2.48. The predicted octanol–water partition coefficient (Wildman–Crippen LogP) is 6.72. The van der Waals surface area contributed by atoms with Crippen molar-refractivity contribution in [2.75, 3.05) is 0 Å². The highest BCUT2D eigenvalue weighted by atomic mass is 14.2. The van der Waals surface area contributed by atoms with Crippen molar-refractivity contribution in [3.05, 3.63) is 96.1 Å². The molecule has 0 heteroatoms. The molecule has 0 nitrogen and oxygen atoms in total. The minimum absolute atomic E-state index is 1.04. The van der Waals surface area contributed by atoms with Crippen molar-refractivity contribution in [2.45, 2.75) is 6.42 Å². The van der Waals surface area contributed by atoms with Gasteiger partial charge in [0.25, 0.3) is 0 Å². The lowest BCUT2D eigenvalue weighted by Gasteiger charge is -2.10. The van der Waals surface area contributed by atoms with Gasteiger partial charge in [0, 0.05) is 0 Å². The van der Waals surface area contributed by atoms with Crippen LogP contribution >= 0.6 is 0 Å². The summed E-state index contributed by atoms with van der Waals surface area (Å²) >= 11 is 0. The summed E-state index contributed by atoms with van der Waals surface area (Å²) in [6.07, 6.45) is 1.04. The van der Waals surface area contributed by atoms with Gasteiger partial charge in [0.1, 0.15) is 0 Å². The van der Waals surface area contributed by atoms with E-state index in [1.165, 1.54) is 54.6 Å². The van der Waals surface area contributed by atoms with Crippen LogP contribution in [0.4, 0.5) is 0 Å². The summed E-state index contributed by atoms with van der Waals surface area (Å²) < 4.78 is 0. The summed E-state index contributed by atoms with van der Waals surface area (Å²) in [5.41, 5.74) is 5.75. The van der Waals surface area contributed by atoms with Crippen LogP contribution in [-0.4, -0.2) is 0 Å². The molecule has 0 amide bonds. The van der Waals surface area contributed by atoms with Crippen molar-refractivity contribution in [3.8, 4) is 11.1 Å². The van der Waals surface area contributed by atoms with Gasteiger partial charge in [0.15, 0.2) is 0 Å². The van der Waals surface area contributed by atoms with Gasteiger partial charge < -0.3 is 0 Å². The normalized spacial score (nSPS) is 12.6. The zero-order valence-corrected chi connectivity index (χ0v) is 13.8. The summed E-state index contributed by atoms with van der Waals surface area (Å²) in [5, 5.41) is 8.06. The summed E-state index contributed by atoms with van der Waals surface area (Å²) in [7, 11) is 0. The minimum atomic E-state index is 1.04. The van der Waals surface area contributed by atoms with Gasteiger partial charge in [0.05, 0.1) is 0 Å². The van der Waals surface area contributed by atoms with Gasteiger partial charge >= 0.3 is 0 Å². The highest BCUT2D eigenvalue weighted by Crippen LogP contribution is 2.44. The molecule has 0 spiro atoms. The van der Waals surface area contributed by atoms with Crippen molar-refractivity contribution >= 4 is 32.3 Å². The van der Waals surface area contributed by atoms with Crippen LogP contribution in [0.3, 0.4) is 0 Å². The van der Waals surface area contributed by atoms with Crippen LogP contribution in [0.15, 0.2) is 84.9 Å². The van der Waals surface area contributed by atoms with E-state index in [4.69, 9.17) is 0 Å². The molecule has 1 aliphatic rings. The first kappa shape index (κ1) is 13.2. The standard InChI is InChI=1S/C25H16/c1-2-7-18-15-24-20(13-17(18)6-1)14-19-10-11-22-21-8-4-3-5-16(21)9-12-23(22)25(19)24/h1-13,15H,14H2. The molecule has 0 N–H and O–H groups in total. The van der Waals surface area contributed by atoms with Crippen molar-refractivity contribution in [3.63, 3.8) is 0 Å². The smallest absolute Gasteiger partial charge is 0.00130 e. The van der Waals surface area contributed by atoms with E-state index in [2.05, 4.69) is 84.9 Å². The van der Waals surface area contributed by atoms with Gasteiger partial charge in [-0.2, -0.15) is 0 Å². The molecule has 0 bridgehead atoms. The Hall–Kier alpha value is -3.12. The van der Waals surface area contributed by atoms with Crippen LogP contribution in [0.1, 0.15) is 11.1 Å². The maximum atomic E-state index is 2.38. The second-order valence-corrected chi connectivity index (χ2v) is 7.01.